The zero-order valence-corrected chi connectivity index (χ0v) is 7.79. The molecule has 1 fully saturated rings. The van der Waals surface area contributed by atoms with Crippen molar-refractivity contribution in [1.82, 2.24) is 4.90 Å². The molecule has 1 saturated heterocycles. The van der Waals surface area contributed by atoms with Gasteiger partial charge in [0.25, 0.3) is 0 Å². The van der Waals surface area contributed by atoms with E-state index in [1.807, 2.05) is 4.90 Å². The molecule has 70 valence electrons. The fraction of sp³-hybridized carbons (Fsp3) is 0.889. The van der Waals surface area contributed by atoms with Crippen molar-refractivity contribution in [3.63, 3.8) is 0 Å². The average Bonchev–Trinajstić information content (AvgIpc) is 2.03. The second kappa shape index (κ2) is 3.90. The van der Waals surface area contributed by atoms with Crippen molar-refractivity contribution in [2.75, 3.05) is 6.54 Å². The van der Waals surface area contributed by atoms with Crippen LogP contribution in [0.4, 0.5) is 0 Å². The van der Waals surface area contributed by atoms with Crippen molar-refractivity contribution in [3.05, 3.63) is 0 Å². The number of piperidine rings is 1. The first-order valence-electron chi connectivity index (χ1n) is 4.62. The number of carbonyl (C=O) groups is 1. The normalized spacial score (nSPS) is 27.4. The number of aliphatic hydroxyl groups is 1. The molecule has 1 N–H and O–H groups in total. The summed E-state index contributed by atoms with van der Waals surface area (Å²) in [6, 6.07) is 0.324. The molecule has 3 nitrogen and oxygen atoms in total. The molecule has 3 heteroatoms. The Hall–Kier alpha value is -0.570. The highest BCUT2D eigenvalue weighted by atomic mass is 16.3. The predicted molar refractivity (Wildman–Crippen MR) is 46.7 cm³/mol. The van der Waals surface area contributed by atoms with E-state index in [-0.39, 0.29) is 5.91 Å². The minimum atomic E-state index is -0.405. The van der Waals surface area contributed by atoms with Gasteiger partial charge < -0.3 is 10.0 Å². The summed E-state index contributed by atoms with van der Waals surface area (Å²) >= 11 is 0. The molecule has 1 amide bonds. The molecule has 12 heavy (non-hydrogen) atoms. The number of amides is 1. The van der Waals surface area contributed by atoms with Crippen molar-refractivity contribution in [3.8, 4) is 0 Å². The molecule has 0 saturated carbocycles. The first-order valence-corrected chi connectivity index (χ1v) is 4.62. The van der Waals surface area contributed by atoms with E-state index < -0.39 is 6.10 Å². The fourth-order valence-corrected chi connectivity index (χ4v) is 1.52. The molecule has 1 heterocycles. The fourth-order valence-electron chi connectivity index (χ4n) is 1.52. The lowest BCUT2D eigenvalue weighted by Crippen LogP contribution is -2.45. The van der Waals surface area contributed by atoms with Gasteiger partial charge >= 0.3 is 0 Å². The van der Waals surface area contributed by atoms with E-state index in [0.29, 0.717) is 12.5 Å². The zero-order chi connectivity index (χ0) is 9.14. The highest BCUT2D eigenvalue weighted by Crippen LogP contribution is 2.15. The number of likely N-dealkylation sites (tertiary alicyclic amines) is 1. The van der Waals surface area contributed by atoms with Gasteiger partial charge in [-0.25, -0.2) is 0 Å². The van der Waals surface area contributed by atoms with Crippen LogP contribution in [0.5, 0.6) is 0 Å². The number of hydrogen-bond acceptors (Lipinski definition) is 2. The molecule has 0 aliphatic carbocycles. The average molecular weight is 171 g/mol. The SMILES string of the molecule is CCC(C)N1CCC(O)CC1=O. The van der Waals surface area contributed by atoms with Crippen LogP contribution in [0.1, 0.15) is 33.1 Å². The van der Waals surface area contributed by atoms with E-state index in [4.69, 9.17) is 0 Å². The highest BCUT2D eigenvalue weighted by molar-refractivity contribution is 5.77. The van der Waals surface area contributed by atoms with Crippen molar-refractivity contribution in [2.45, 2.75) is 45.3 Å². The van der Waals surface area contributed by atoms with Crippen molar-refractivity contribution in [1.29, 1.82) is 0 Å². The Kier molecular flexibility index (Phi) is 3.09. The molecule has 0 radical (unpaired) electrons. The summed E-state index contributed by atoms with van der Waals surface area (Å²) in [5.74, 6) is 0.100. The Balaban J connectivity index is 2.50. The van der Waals surface area contributed by atoms with Gasteiger partial charge in [-0.1, -0.05) is 6.92 Å². The maximum absolute atomic E-state index is 11.4. The molecule has 2 atom stereocenters. The largest absolute Gasteiger partial charge is 0.393 e. The maximum atomic E-state index is 11.4. The van der Waals surface area contributed by atoms with Crippen LogP contribution in [0, 0.1) is 0 Å². The second-order valence-electron chi connectivity index (χ2n) is 3.49. The van der Waals surface area contributed by atoms with Gasteiger partial charge in [-0.15, -0.1) is 0 Å². The molecular weight excluding hydrogens is 154 g/mol. The second-order valence-corrected chi connectivity index (χ2v) is 3.49. The first kappa shape index (κ1) is 9.52. The van der Waals surface area contributed by atoms with Gasteiger partial charge in [0.05, 0.1) is 12.5 Å². The monoisotopic (exact) mass is 171 g/mol. The molecular formula is C9H17NO2. The maximum Gasteiger partial charge on any atom is 0.225 e. The van der Waals surface area contributed by atoms with Crippen molar-refractivity contribution in [2.24, 2.45) is 0 Å². The topological polar surface area (TPSA) is 40.5 Å². The van der Waals surface area contributed by atoms with Crippen LogP contribution in [-0.4, -0.2) is 34.6 Å². The Morgan fingerprint density at radius 2 is 2.42 bits per heavy atom. The summed E-state index contributed by atoms with van der Waals surface area (Å²) in [6.07, 6.45) is 1.63. The lowest BCUT2D eigenvalue weighted by atomic mass is 10.0. The van der Waals surface area contributed by atoms with E-state index in [0.717, 1.165) is 19.4 Å². The molecule has 0 aromatic carbocycles. The molecule has 0 aromatic heterocycles. The van der Waals surface area contributed by atoms with E-state index in [1.54, 1.807) is 0 Å². The first-order chi connectivity index (χ1) is 5.65. The van der Waals surface area contributed by atoms with E-state index in [1.165, 1.54) is 0 Å². The Bertz CT molecular complexity index is 170. The van der Waals surface area contributed by atoms with E-state index in [2.05, 4.69) is 13.8 Å². The smallest absolute Gasteiger partial charge is 0.225 e. The van der Waals surface area contributed by atoms with Crippen LogP contribution in [0.15, 0.2) is 0 Å². The minimum Gasteiger partial charge on any atom is -0.393 e. The highest BCUT2D eigenvalue weighted by Gasteiger charge is 2.26. The van der Waals surface area contributed by atoms with Crippen molar-refractivity contribution >= 4 is 5.91 Å². The molecule has 2 unspecified atom stereocenters. The minimum absolute atomic E-state index is 0.100. The van der Waals surface area contributed by atoms with Gasteiger partial charge in [0.15, 0.2) is 0 Å². The number of carbonyl (C=O) groups excluding carboxylic acids is 1. The summed E-state index contributed by atoms with van der Waals surface area (Å²) < 4.78 is 0. The summed E-state index contributed by atoms with van der Waals surface area (Å²) in [7, 11) is 0. The van der Waals surface area contributed by atoms with Gasteiger partial charge in [0, 0.05) is 12.6 Å². The molecule has 1 aliphatic rings. The standard InChI is InChI=1S/C9H17NO2/c1-3-7(2)10-5-4-8(11)6-9(10)12/h7-8,11H,3-6H2,1-2H3. The molecule has 0 bridgehead atoms. The summed E-state index contributed by atoms with van der Waals surface area (Å²) in [6.45, 7) is 4.84. The van der Waals surface area contributed by atoms with Crippen LogP contribution in [0.25, 0.3) is 0 Å². The van der Waals surface area contributed by atoms with E-state index in [9.17, 15) is 9.90 Å². The number of nitrogens with zero attached hydrogens (tertiary/aromatic N) is 1. The van der Waals surface area contributed by atoms with Crippen LogP contribution < -0.4 is 0 Å². The van der Waals surface area contributed by atoms with Crippen LogP contribution in [0.3, 0.4) is 0 Å². The summed E-state index contributed by atoms with van der Waals surface area (Å²) in [5.41, 5.74) is 0. The number of aliphatic hydroxyl groups excluding tert-OH is 1. The van der Waals surface area contributed by atoms with Gasteiger partial charge in [0.1, 0.15) is 0 Å². The number of rotatable bonds is 2. The predicted octanol–water partition coefficient (Wildman–Crippen LogP) is 0.768. The molecule has 1 aliphatic heterocycles. The molecule has 0 spiro atoms. The van der Waals surface area contributed by atoms with E-state index >= 15 is 0 Å². The van der Waals surface area contributed by atoms with Gasteiger partial charge in [0.2, 0.25) is 5.91 Å². The third-order valence-corrected chi connectivity index (χ3v) is 2.56. The lowest BCUT2D eigenvalue weighted by molar-refractivity contribution is -0.139. The molecule has 0 aromatic rings. The van der Waals surface area contributed by atoms with Gasteiger partial charge in [-0.2, -0.15) is 0 Å². The third-order valence-electron chi connectivity index (χ3n) is 2.56. The Labute approximate surface area is 73.4 Å². The van der Waals surface area contributed by atoms with Crippen LogP contribution in [-0.2, 0) is 4.79 Å². The zero-order valence-electron chi connectivity index (χ0n) is 7.79. The van der Waals surface area contributed by atoms with Crippen LogP contribution >= 0.6 is 0 Å². The van der Waals surface area contributed by atoms with Crippen molar-refractivity contribution < 1.29 is 9.90 Å². The molecule has 1 rings (SSSR count). The summed E-state index contributed by atoms with van der Waals surface area (Å²) in [4.78, 5) is 13.2. The van der Waals surface area contributed by atoms with Gasteiger partial charge in [-0.05, 0) is 19.8 Å². The Morgan fingerprint density at radius 3 is 2.92 bits per heavy atom. The summed E-state index contributed by atoms with van der Waals surface area (Å²) in [5, 5.41) is 9.20. The number of hydrogen-bond donors (Lipinski definition) is 1. The third kappa shape index (κ3) is 1.97. The van der Waals surface area contributed by atoms with Crippen LogP contribution in [0.2, 0.25) is 0 Å². The Morgan fingerprint density at radius 1 is 1.75 bits per heavy atom. The quantitative estimate of drug-likeness (QED) is 0.666. The lowest BCUT2D eigenvalue weighted by Gasteiger charge is -2.33. The van der Waals surface area contributed by atoms with Gasteiger partial charge in [-0.3, -0.25) is 4.79 Å².